The van der Waals surface area contributed by atoms with Crippen molar-refractivity contribution < 1.29 is 14.3 Å². The standard InChI is InChI=1S/C30H24N4O4S/c1-19-26(28(35)33-22-8-4-3-5-9-22)27(21-11-13-23(37-2)14-12-21)34-29(36)25(39-30(34)32-19)18-20-7-6-10-24(17-20)38-16-15-31/h3-14,17-18,27H,16H2,1-2H3,(H,33,35)/b25-18+/t27-/m0/s1. The van der Waals surface area contributed by atoms with Crippen molar-refractivity contribution in [3.05, 3.63) is 121 Å². The second-order valence-electron chi connectivity index (χ2n) is 8.69. The van der Waals surface area contributed by atoms with E-state index in [-0.39, 0.29) is 18.1 Å². The van der Waals surface area contributed by atoms with Crippen LogP contribution in [0.4, 0.5) is 5.69 Å². The Morgan fingerprint density at radius 3 is 2.59 bits per heavy atom. The van der Waals surface area contributed by atoms with E-state index in [1.807, 2.05) is 42.5 Å². The molecule has 1 aromatic heterocycles. The topological polar surface area (TPSA) is 106 Å². The van der Waals surface area contributed by atoms with Crippen LogP contribution in [0.2, 0.25) is 0 Å². The summed E-state index contributed by atoms with van der Waals surface area (Å²) in [6.45, 7) is 1.71. The van der Waals surface area contributed by atoms with Crippen LogP contribution >= 0.6 is 11.3 Å². The molecule has 1 N–H and O–H groups in total. The third-order valence-corrected chi connectivity index (χ3v) is 7.17. The molecule has 0 fully saturated rings. The zero-order valence-electron chi connectivity index (χ0n) is 21.3. The monoisotopic (exact) mass is 536 g/mol. The molecule has 194 valence electrons. The van der Waals surface area contributed by atoms with E-state index >= 15 is 0 Å². The van der Waals surface area contributed by atoms with Crippen LogP contribution < -0.4 is 29.7 Å². The number of carbonyl (C=O) groups is 1. The van der Waals surface area contributed by atoms with Crippen LogP contribution in [0.1, 0.15) is 24.1 Å². The van der Waals surface area contributed by atoms with E-state index in [2.05, 4.69) is 10.3 Å². The predicted octanol–water partition coefficient (Wildman–Crippen LogP) is 3.78. The number of methoxy groups -OCH3 is 1. The number of hydrogen-bond donors (Lipinski definition) is 1. The molecule has 0 aliphatic carbocycles. The fourth-order valence-electron chi connectivity index (χ4n) is 4.39. The molecule has 9 heteroatoms. The molecule has 5 rings (SSSR count). The van der Waals surface area contributed by atoms with Crippen molar-refractivity contribution in [3.63, 3.8) is 0 Å². The van der Waals surface area contributed by atoms with Gasteiger partial charge in [-0.25, -0.2) is 4.99 Å². The summed E-state index contributed by atoms with van der Waals surface area (Å²) in [7, 11) is 1.58. The smallest absolute Gasteiger partial charge is 0.271 e. The van der Waals surface area contributed by atoms with Gasteiger partial charge in [-0.05, 0) is 60.5 Å². The average molecular weight is 537 g/mol. The average Bonchev–Trinajstić information content (AvgIpc) is 3.25. The van der Waals surface area contributed by atoms with Crippen molar-refractivity contribution in [1.82, 2.24) is 4.57 Å². The third-order valence-electron chi connectivity index (χ3n) is 6.19. The van der Waals surface area contributed by atoms with E-state index in [9.17, 15) is 9.59 Å². The molecule has 1 aliphatic heterocycles. The van der Waals surface area contributed by atoms with Gasteiger partial charge in [0.15, 0.2) is 11.4 Å². The fraction of sp³-hybridized carbons (Fsp3) is 0.133. The molecule has 1 amide bonds. The zero-order valence-corrected chi connectivity index (χ0v) is 22.1. The number of carbonyl (C=O) groups excluding carboxylic acids is 1. The number of amides is 1. The number of para-hydroxylation sites is 1. The number of thiazole rings is 1. The summed E-state index contributed by atoms with van der Waals surface area (Å²) in [6, 6.07) is 24.9. The van der Waals surface area contributed by atoms with E-state index in [1.165, 1.54) is 11.3 Å². The van der Waals surface area contributed by atoms with Gasteiger partial charge >= 0.3 is 0 Å². The fourth-order valence-corrected chi connectivity index (χ4v) is 5.44. The molecule has 0 saturated carbocycles. The Balaban J connectivity index is 1.63. The van der Waals surface area contributed by atoms with Gasteiger partial charge in [-0.2, -0.15) is 5.26 Å². The highest BCUT2D eigenvalue weighted by molar-refractivity contribution is 7.07. The van der Waals surface area contributed by atoms with Gasteiger partial charge < -0.3 is 14.8 Å². The third kappa shape index (κ3) is 5.37. The second kappa shape index (κ2) is 11.2. The first-order chi connectivity index (χ1) is 19.0. The minimum absolute atomic E-state index is 0.0689. The van der Waals surface area contributed by atoms with Crippen molar-refractivity contribution in [2.75, 3.05) is 19.0 Å². The van der Waals surface area contributed by atoms with Crippen LogP contribution in [-0.2, 0) is 4.79 Å². The molecule has 8 nitrogen and oxygen atoms in total. The van der Waals surface area contributed by atoms with Crippen molar-refractivity contribution in [1.29, 1.82) is 5.26 Å². The van der Waals surface area contributed by atoms with Gasteiger partial charge in [0.05, 0.1) is 29.0 Å². The SMILES string of the molecule is COc1ccc([C@H]2C(C(=O)Nc3ccccc3)=C(C)N=c3s/c(=C/c4cccc(OCC#N)c4)c(=O)n32)cc1. The molecule has 0 bridgehead atoms. The quantitative estimate of drug-likeness (QED) is 0.387. The number of hydrogen-bond acceptors (Lipinski definition) is 7. The molecular formula is C30H24N4O4S. The van der Waals surface area contributed by atoms with Crippen LogP contribution in [0.25, 0.3) is 6.08 Å². The predicted molar refractivity (Wildman–Crippen MR) is 149 cm³/mol. The number of allylic oxidation sites excluding steroid dienone is 1. The van der Waals surface area contributed by atoms with Crippen molar-refractivity contribution in [3.8, 4) is 17.6 Å². The van der Waals surface area contributed by atoms with Crippen LogP contribution in [0, 0.1) is 11.3 Å². The van der Waals surface area contributed by atoms with Crippen LogP contribution in [-0.4, -0.2) is 24.2 Å². The summed E-state index contributed by atoms with van der Waals surface area (Å²) in [6.07, 6.45) is 1.76. The highest BCUT2D eigenvalue weighted by atomic mass is 32.1. The Bertz CT molecular complexity index is 1780. The molecule has 0 spiro atoms. The molecule has 2 heterocycles. The van der Waals surface area contributed by atoms with Gasteiger partial charge in [0.1, 0.15) is 17.6 Å². The molecule has 1 atom stereocenters. The molecule has 4 aromatic rings. The van der Waals surface area contributed by atoms with Gasteiger partial charge in [0.25, 0.3) is 11.5 Å². The van der Waals surface area contributed by atoms with E-state index in [0.717, 1.165) is 11.1 Å². The van der Waals surface area contributed by atoms with Crippen molar-refractivity contribution >= 4 is 29.0 Å². The Morgan fingerprint density at radius 1 is 1.10 bits per heavy atom. The molecule has 39 heavy (non-hydrogen) atoms. The minimum Gasteiger partial charge on any atom is -0.497 e. The van der Waals surface area contributed by atoms with Gasteiger partial charge in [-0.1, -0.05) is 53.8 Å². The van der Waals surface area contributed by atoms with Gasteiger partial charge in [0, 0.05) is 5.69 Å². The highest BCUT2D eigenvalue weighted by Gasteiger charge is 2.32. The molecule has 0 radical (unpaired) electrons. The number of benzene rings is 3. The van der Waals surface area contributed by atoms with E-state index < -0.39 is 6.04 Å². The normalized spacial score (nSPS) is 14.7. The first-order valence-corrected chi connectivity index (χ1v) is 12.9. The van der Waals surface area contributed by atoms with Crippen LogP contribution in [0.3, 0.4) is 0 Å². The summed E-state index contributed by atoms with van der Waals surface area (Å²) < 4.78 is 12.8. The number of ether oxygens (including phenoxy) is 2. The van der Waals surface area contributed by atoms with E-state index in [0.29, 0.717) is 37.8 Å². The highest BCUT2D eigenvalue weighted by Crippen LogP contribution is 2.31. The maximum absolute atomic E-state index is 13.8. The lowest BCUT2D eigenvalue weighted by molar-refractivity contribution is -0.113. The summed E-state index contributed by atoms with van der Waals surface area (Å²) in [5.74, 6) is 0.866. The minimum atomic E-state index is -0.691. The number of aromatic nitrogens is 1. The number of rotatable bonds is 7. The Hall–Kier alpha value is -4.94. The number of nitrogens with one attached hydrogen (secondary N) is 1. The van der Waals surface area contributed by atoms with Crippen LogP contribution in [0.15, 0.2) is 99.9 Å². The van der Waals surface area contributed by atoms with Gasteiger partial charge in [-0.3, -0.25) is 14.2 Å². The molecule has 0 unspecified atom stereocenters. The Kier molecular flexibility index (Phi) is 7.39. The summed E-state index contributed by atoms with van der Waals surface area (Å²) in [5.41, 5.74) is 2.80. The van der Waals surface area contributed by atoms with E-state index in [4.69, 9.17) is 14.7 Å². The lowest BCUT2D eigenvalue weighted by atomic mass is 9.95. The lowest BCUT2D eigenvalue weighted by Gasteiger charge is -2.25. The number of nitrogens with zero attached hydrogens (tertiary/aromatic N) is 3. The Labute approximate surface area is 228 Å². The Morgan fingerprint density at radius 2 is 1.87 bits per heavy atom. The second-order valence-corrected chi connectivity index (χ2v) is 9.70. The lowest BCUT2D eigenvalue weighted by Crippen LogP contribution is -2.40. The molecular weight excluding hydrogens is 512 g/mol. The van der Waals surface area contributed by atoms with Crippen molar-refractivity contribution in [2.24, 2.45) is 4.99 Å². The molecule has 3 aromatic carbocycles. The first-order valence-electron chi connectivity index (χ1n) is 12.1. The number of anilines is 1. The molecule has 1 aliphatic rings. The summed E-state index contributed by atoms with van der Waals surface area (Å²) in [5, 5.41) is 11.7. The molecule has 0 saturated heterocycles. The first kappa shape index (κ1) is 25.7. The summed E-state index contributed by atoms with van der Waals surface area (Å²) >= 11 is 1.25. The van der Waals surface area contributed by atoms with Gasteiger partial charge in [-0.15, -0.1) is 0 Å². The van der Waals surface area contributed by atoms with Crippen LogP contribution in [0.5, 0.6) is 11.5 Å². The van der Waals surface area contributed by atoms with E-state index in [1.54, 1.807) is 67.1 Å². The summed E-state index contributed by atoms with van der Waals surface area (Å²) in [4.78, 5) is 32.6. The zero-order chi connectivity index (χ0) is 27.4. The number of fused-ring (bicyclic) bond motifs is 1. The maximum atomic E-state index is 13.8. The maximum Gasteiger partial charge on any atom is 0.271 e. The largest absolute Gasteiger partial charge is 0.497 e. The van der Waals surface area contributed by atoms with Gasteiger partial charge in [0.2, 0.25) is 0 Å². The number of nitriles is 1. The van der Waals surface area contributed by atoms with Crippen molar-refractivity contribution in [2.45, 2.75) is 13.0 Å².